The fraction of sp³-hybridized carbons (Fsp3) is 0.300. The molecule has 0 unspecified atom stereocenters. The molecule has 0 bridgehead atoms. The Morgan fingerprint density at radius 3 is 2.05 bits per heavy atom. The lowest BCUT2D eigenvalue weighted by atomic mass is 9.98. The Bertz CT molecular complexity index is 494. The molecule has 0 radical (unpaired) electrons. The number of carboxylic acids is 1. The van der Waals surface area contributed by atoms with Gasteiger partial charge in [0.15, 0.2) is 0 Å². The van der Waals surface area contributed by atoms with Gasteiger partial charge in [-0.15, -0.1) is 0 Å². The van der Waals surface area contributed by atoms with Gasteiger partial charge in [0, 0.05) is 0 Å². The minimum absolute atomic E-state index is 0.128. The predicted molar refractivity (Wildman–Crippen MR) is 51.4 cm³/mol. The molecule has 1 aromatic rings. The summed E-state index contributed by atoms with van der Waals surface area (Å²) in [5, 5.41) is 8.68. The second-order valence-electron chi connectivity index (χ2n) is 3.62. The summed E-state index contributed by atoms with van der Waals surface area (Å²) in [4.78, 5) is 10.7. The molecule has 106 valence electrons. The van der Waals surface area contributed by atoms with E-state index in [-0.39, 0.29) is 6.07 Å². The topological polar surface area (TPSA) is 63.3 Å². The molecule has 0 aliphatic carbocycles. The molecule has 0 aliphatic rings. The first-order valence-corrected chi connectivity index (χ1v) is 4.71. The van der Waals surface area contributed by atoms with Crippen LogP contribution in [0.1, 0.15) is 27.5 Å². The molecule has 0 amide bonds. The van der Waals surface area contributed by atoms with Gasteiger partial charge < -0.3 is 10.8 Å². The maximum atomic E-state index is 12.4. The first-order chi connectivity index (χ1) is 8.44. The van der Waals surface area contributed by atoms with Crippen molar-refractivity contribution >= 4 is 5.97 Å². The average Bonchev–Trinajstić information content (AvgIpc) is 2.24. The molecule has 0 spiro atoms. The van der Waals surface area contributed by atoms with Gasteiger partial charge in [-0.1, -0.05) is 6.07 Å². The van der Waals surface area contributed by atoms with Crippen LogP contribution in [0.2, 0.25) is 0 Å². The summed E-state index contributed by atoms with van der Waals surface area (Å²) in [5.41, 5.74) is 1.39. The van der Waals surface area contributed by atoms with Crippen LogP contribution in [0, 0.1) is 0 Å². The summed E-state index contributed by atoms with van der Waals surface area (Å²) in [6.45, 7) is 0. The van der Waals surface area contributed by atoms with Gasteiger partial charge in [-0.2, -0.15) is 26.3 Å². The number of alkyl halides is 6. The Morgan fingerprint density at radius 1 is 1.16 bits per heavy atom. The zero-order valence-electron chi connectivity index (χ0n) is 9.01. The van der Waals surface area contributed by atoms with Crippen LogP contribution in [0.4, 0.5) is 26.3 Å². The first-order valence-electron chi connectivity index (χ1n) is 4.71. The number of hydrogen-bond donors (Lipinski definition) is 2. The van der Waals surface area contributed by atoms with Crippen LogP contribution in [0.15, 0.2) is 18.2 Å². The van der Waals surface area contributed by atoms with E-state index in [0.29, 0.717) is 12.1 Å². The van der Waals surface area contributed by atoms with Crippen molar-refractivity contribution in [1.82, 2.24) is 0 Å². The summed E-state index contributed by atoms with van der Waals surface area (Å²) in [5.74, 6) is -1.92. The second-order valence-corrected chi connectivity index (χ2v) is 3.62. The van der Waals surface area contributed by atoms with E-state index in [9.17, 15) is 31.1 Å². The van der Waals surface area contributed by atoms with Crippen LogP contribution in [-0.2, 0) is 6.18 Å². The number of rotatable bonds is 2. The SMILES string of the molecule is N[C@H](c1ccc(C(F)(F)F)cc1C(=O)O)C(F)(F)F. The lowest BCUT2D eigenvalue weighted by Crippen LogP contribution is -2.30. The first kappa shape index (κ1) is 15.3. The molecule has 0 aliphatic heterocycles. The Balaban J connectivity index is 3.39. The minimum Gasteiger partial charge on any atom is -0.478 e. The van der Waals surface area contributed by atoms with Crippen LogP contribution in [0.25, 0.3) is 0 Å². The Kier molecular flexibility index (Phi) is 3.80. The summed E-state index contributed by atoms with van der Waals surface area (Å²) in [6, 6.07) is -1.76. The van der Waals surface area contributed by atoms with Crippen LogP contribution >= 0.6 is 0 Å². The molecule has 0 saturated heterocycles. The highest BCUT2D eigenvalue weighted by atomic mass is 19.4. The number of benzene rings is 1. The zero-order chi connectivity index (χ0) is 15.0. The van der Waals surface area contributed by atoms with E-state index in [1.165, 1.54) is 0 Å². The van der Waals surface area contributed by atoms with Gasteiger partial charge in [-0.3, -0.25) is 0 Å². The number of halogens is 6. The average molecular weight is 287 g/mol. The van der Waals surface area contributed by atoms with E-state index in [1.54, 1.807) is 0 Å². The number of aromatic carboxylic acids is 1. The molecule has 3 N–H and O–H groups in total. The summed E-state index contributed by atoms with van der Waals surface area (Å²) in [7, 11) is 0. The minimum atomic E-state index is -4.95. The third kappa shape index (κ3) is 3.37. The van der Waals surface area contributed by atoms with Crippen molar-refractivity contribution in [1.29, 1.82) is 0 Å². The molecule has 3 nitrogen and oxygen atoms in total. The largest absolute Gasteiger partial charge is 0.478 e. The van der Waals surface area contributed by atoms with Gasteiger partial charge >= 0.3 is 18.3 Å². The molecule has 1 atom stereocenters. The molecule has 0 aromatic heterocycles. The second kappa shape index (κ2) is 4.72. The lowest BCUT2D eigenvalue weighted by Gasteiger charge is -2.19. The Morgan fingerprint density at radius 2 is 1.68 bits per heavy atom. The number of carboxylic acid groups (broad SMARTS) is 1. The highest BCUT2D eigenvalue weighted by Crippen LogP contribution is 2.35. The normalized spacial score (nSPS) is 14.3. The molecule has 0 saturated carbocycles. The van der Waals surface area contributed by atoms with Crippen molar-refractivity contribution in [3.05, 3.63) is 34.9 Å². The quantitative estimate of drug-likeness (QED) is 0.822. The van der Waals surface area contributed by atoms with Gasteiger partial charge in [-0.05, 0) is 17.7 Å². The summed E-state index contributed by atoms with van der Waals surface area (Å²) < 4.78 is 74.2. The number of carbonyl (C=O) groups is 1. The van der Waals surface area contributed by atoms with Crippen LogP contribution in [0.5, 0.6) is 0 Å². The monoisotopic (exact) mass is 287 g/mol. The lowest BCUT2D eigenvalue weighted by molar-refractivity contribution is -0.149. The fourth-order valence-corrected chi connectivity index (χ4v) is 1.37. The van der Waals surface area contributed by atoms with Gasteiger partial charge in [0.1, 0.15) is 6.04 Å². The molecule has 0 heterocycles. The zero-order valence-corrected chi connectivity index (χ0v) is 9.01. The van der Waals surface area contributed by atoms with Crippen molar-refractivity contribution < 1.29 is 36.2 Å². The predicted octanol–water partition coefficient (Wildman–Crippen LogP) is 2.97. The van der Waals surface area contributed by atoms with Crippen molar-refractivity contribution in [2.45, 2.75) is 18.4 Å². The van der Waals surface area contributed by atoms with E-state index in [4.69, 9.17) is 10.8 Å². The Labute approximate surface area is 102 Å². The highest BCUT2D eigenvalue weighted by Gasteiger charge is 2.41. The van der Waals surface area contributed by atoms with Crippen molar-refractivity contribution in [2.24, 2.45) is 5.73 Å². The smallest absolute Gasteiger partial charge is 0.416 e. The number of hydrogen-bond acceptors (Lipinski definition) is 2. The maximum absolute atomic E-state index is 12.4. The highest BCUT2D eigenvalue weighted by molar-refractivity contribution is 5.90. The van der Waals surface area contributed by atoms with E-state index in [2.05, 4.69) is 0 Å². The third-order valence-electron chi connectivity index (χ3n) is 2.30. The van der Waals surface area contributed by atoms with E-state index < -0.39 is 41.1 Å². The molecule has 19 heavy (non-hydrogen) atoms. The summed E-state index contributed by atoms with van der Waals surface area (Å²) in [6.07, 6.45) is -9.81. The van der Waals surface area contributed by atoms with E-state index in [0.717, 1.165) is 0 Å². The maximum Gasteiger partial charge on any atom is 0.416 e. The van der Waals surface area contributed by atoms with Crippen LogP contribution in [0.3, 0.4) is 0 Å². The Hall–Kier alpha value is -1.77. The van der Waals surface area contributed by atoms with E-state index in [1.807, 2.05) is 0 Å². The van der Waals surface area contributed by atoms with Gasteiger partial charge in [-0.25, -0.2) is 4.79 Å². The summed E-state index contributed by atoms with van der Waals surface area (Å²) >= 11 is 0. The fourth-order valence-electron chi connectivity index (χ4n) is 1.37. The van der Waals surface area contributed by atoms with Crippen LogP contribution < -0.4 is 5.73 Å². The number of nitrogens with two attached hydrogens (primary N) is 1. The van der Waals surface area contributed by atoms with Crippen molar-refractivity contribution in [2.75, 3.05) is 0 Å². The molecular formula is C10H7F6NO2. The van der Waals surface area contributed by atoms with E-state index >= 15 is 0 Å². The third-order valence-corrected chi connectivity index (χ3v) is 2.30. The van der Waals surface area contributed by atoms with Gasteiger partial charge in [0.05, 0.1) is 11.1 Å². The molecular weight excluding hydrogens is 280 g/mol. The molecule has 9 heteroatoms. The van der Waals surface area contributed by atoms with Gasteiger partial charge in [0.25, 0.3) is 0 Å². The van der Waals surface area contributed by atoms with Gasteiger partial charge in [0.2, 0.25) is 0 Å². The molecule has 1 aromatic carbocycles. The molecule has 0 fully saturated rings. The van der Waals surface area contributed by atoms with Crippen molar-refractivity contribution in [3.63, 3.8) is 0 Å². The molecule has 1 rings (SSSR count). The standard InChI is InChI=1S/C10H7F6NO2/c11-9(12,13)4-1-2-5(6(3-4)8(18)19)7(17)10(14,15)16/h1-3,7H,17H2,(H,18,19)/t7-/m1/s1. The van der Waals surface area contributed by atoms with Crippen molar-refractivity contribution in [3.8, 4) is 0 Å². The van der Waals surface area contributed by atoms with Crippen LogP contribution in [-0.4, -0.2) is 17.3 Å².